The molecule has 0 aliphatic carbocycles. The van der Waals surface area contributed by atoms with Crippen molar-refractivity contribution in [2.45, 2.75) is 5.78 Å². The number of rotatable bonds is 1. The Morgan fingerprint density at radius 1 is 1.60 bits per heavy atom. The highest BCUT2D eigenvalue weighted by molar-refractivity contribution is 7.19. The Balaban J connectivity index is 0. The topological polar surface area (TPSA) is 66.6 Å². The zero-order chi connectivity index (χ0) is 8.73. The van der Waals surface area contributed by atoms with Gasteiger partial charge in [-0.1, -0.05) is 0 Å². The predicted molar refractivity (Wildman–Crippen MR) is 44.9 cm³/mol. The van der Waals surface area contributed by atoms with Gasteiger partial charge in [0.15, 0.2) is 0 Å². The van der Waals surface area contributed by atoms with E-state index < -0.39 is 11.8 Å². The van der Waals surface area contributed by atoms with E-state index in [1.54, 1.807) is 0 Å². The number of carboxylic acid groups (broad SMARTS) is 1. The molecule has 0 heterocycles. The number of aliphatic carboxylic acids is 1. The fourth-order valence-electron chi connectivity index (χ4n) is 0. The molecule has 2 unspecified atom stereocenters. The number of hydrogen-bond acceptors (Lipinski definition) is 3. The molecule has 0 amide bonds. The van der Waals surface area contributed by atoms with E-state index in [1.165, 1.54) is 0 Å². The first-order chi connectivity index (χ1) is 4.37. The second-order valence-corrected chi connectivity index (χ2v) is 2.92. The summed E-state index contributed by atoms with van der Waals surface area (Å²) in [4.78, 5) is 11.6. The van der Waals surface area contributed by atoms with Crippen molar-refractivity contribution in [3.8, 4) is 0 Å². The van der Waals surface area contributed by atoms with Crippen molar-refractivity contribution >= 4 is 15.2 Å². The molecule has 0 radical (unpaired) electrons. The summed E-state index contributed by atoms with van der Waals surface area (Å²) in [7, 11) is 7.95. The van der Waals surface area contributed by atoms with Gasteiger partial charge in [0, 0.05) is 0 Å². The van der Waals surface area contributed by atoms with E-state index in [9.17, 15) is 4.79 Å². The molecule has 3 N–H and O–H groups in total. The number of nitrogens with zero attached hydrogens (tertiary/aromatic N) is 1. The molecule has 4 nitrogen and oxygen atoms in total. The van der Waals surface area contributed by atoms with Gasteiger partial charge < -0.3 is 15.7 Å². The molecule has 0 aliphatic heterocycles. The molecule has 5 heteroatoms. The Bertz CT molecular complexity index is 92.9. The summed E-state index contributed by atoms with van der Waals surface area (Å²) < 4.78 is 0. The van der Waals surface area contributed by atoms with Crippen LogP contribution in [0.1, 0.15) is 0 Å². The first-order valence-corrected chi connectivity index (χ1v) is 3.39. The first-order valence-electron chi connectivity index (χ1n) is 2.72. The summed E-state index contributed by atoms with van der Waals surface area (Å²) >= 11 is 0. The van der Waals surface area contributed by atoms with Gasteiger partial charge in [-0.2, -0.15) is 0 Å². The van der Waals surface area contributed by atoms with Gasteiger partial charge in [-0.3, -0.25) is 4.79 Å². The average molecular weight is 166 g/mol. The second-order valence-electron chi connectivity index (χ2n) is 2.21. The van der Waals surface area contributed by atoms with Crippen LogP contribution in [-0.4, -0.2) is 42.9 Å². The number of hydrogen-bond donors (Lipinski definition) is 2. The minimum Gasteiger partial charge on any atom is -0.480 e. The highest BCUT2D eigenvalue weighted by Crippen LogP contribution is 1.86. The van der Waals surface area contributed by atoms with Gasteiger partial charge >= 0.3 is 5.97 Å². The second kappa shape index (κ2) is 6.93. The van der Waals surface area contributed by atoms with E-state index in [-0.39, 0.29) is 0 Å². The largest absolute Gasteiger partial charge is 0.480 e. The first kappa shape index (κ1) is 12.5. The zero-order valence-electron chi connectivity index (χ0n) is 6.53. The molecule has 10 heavy (non-hydrogen) atoms. The van der Waals surface area contributed by atoms with Crippen molar-refractivity contribution in [2.24, 2.45) is 5.73 Å². The van der Waals surface area contributed by atoms with Crippen LogP contribution >= 0.6 is 9.24 Å². The molecule has 0 aromatic heterocycles. The lowest BCUT2D eigenvalue weighted by Crippen LogP contribution is -2.21. The lowest BCUT2D eigenvalue weighted by molar-refractivity contribution is -0.136. The van der Waals surface area contributed by atoms with Gasteiger partial charge in [0.1, 0.15) is 5.78 Å². The van der Waals surface area contributed by atoms with Crippen LogP contribution in [0.15, 0.2) is 0 Å². The van der Waals surface area contributed by atoms with Gasteiger partial charge in [0.2, 0.25) is 0 Å². The maximum Gasteiger partial charge on any atom is 0.324 e. The molecule has 2 atom stereocenters. The molecule has 0 aliphatic rings. The van der Waals surface area contributed by atoms with Crippen molar-refractivity contribution in [1.29, 1.82) is 0 Å². The molecule has 0 aromatic carbocycles. The smallest absolute Gasteiger partial charge is 0.324 e. The zero-order valence-corrected chi connectivity index (χ0v) is 7.69. The van der Waals surface area contributed by atoms with Crippen LogP contribution in [0.2, 0.25) is 0 Å². The third-order valence-electron chi connectivity index (χ3n) is 0.285. The predicted octanol–water partition coefficient (Wildman–Crippen LogP) is -0.591. The standard InChI is InChI=1S/C3H9N.C2H6NO2P/c1-4(2)3;3-1(6)2(4)5/h1-3H3;1H,3,6H2,(H,4,5). The number of carbonyl (C=O) groups is 1. The Labute approximate surface area is 63.6 Å². The lowest BCUT2D eigenvalue weighted by Gasteiger charge is -1.90. The SMILES string of the molecule is CN(C)C.NC(P)C(=O)O. The van der Waals surface area contributed by atoms with Crippen LogP contribution in [0.4, 0.5) is 0 Å². The van der Waals surface area contributed by atoms with Crippen molar-refractivity contribution in [1.82, 2.24) is 4.90 Å². The van der Waals surface area contributed by atoms with E-state index >= 15 is 0 Å². The van der Waals surface area contributed by atoms with E-state index in [4.69, 9.17) is 10.8 Å². The van der Waals surface area contributed by atoms with Crippen LogP contribution in [0, 0.1) is 0 Å². The minimum atomic E-state index is -1.000. The Hall–Kier alpha value is -0.180. The molecular formula is C5H15N2O2P. The normalized spacial score (nSPS) is 11.8. The van der Waals surface area contributed by atoms with Crippen molar-refractivity contribution in [3.05, 3.63) is 0 Å². The molecule has 0 rings (SSSR count). The Morgan fingerprint density at radius 2 is 1.70 bits per heavy atom. The monoisotopic (exact) mass is 166 g/mol. The summed E-state index contributed by atoms with van der Waals surface area (Å²) in [5, 5.41) is 7.84. The third kappa shape index (κ3) is 24.9. The van der Waals surface area contributed by atoms with Crippen molar-refractivity contribution in [3.63, 3.8) is 0 Å². The van der Waals surface area contributed by atoms with E-state index in [1.807, 2.05) is 35.3 Å². The highest BCUT2D eigenvalue weighted by Gasteiger charge is 1.99. The molecule has 0 fully saturated rings. The lowest BCUT2D eigenvalue weighted by atomic mass is 10.7. The maximum absolute atomic E-state index is 9.55. The van der Waals surface area contributed by atoms with Gasteiger partial charge in [0.05, 0.1) is 0 Å². The van der Waals surface area contributed by atoms with E-state index in [2.05, 4.69) is 0 Å². The van der Waals surface area contributed by atoms with E-state index in [0.717, 1.165) is 0 Å². The van der Waals surface area contributed by atoms with Gasteiger partial charge in [-0.15, -0.1) is 9.24 Å². The third-order valence-corrected chi connectivity index (χ3v) is 0.570. The highest BCUT2D eigenvalue weighted by atomic mass is 31.0. The summed E-state index contributed by atoms with van der Waals surface area (Å²) in [6.07, 6.45) is 0. The van der Waals surface area contributed by atoms with Crippen molar-refractivity contribution < 1.29 is 9.90 Å². The molecule has 0 saturated heterocycles. The van der Waals surface area contributed by atoms with E-state index in [0.29, 0.717) is 0 Å². The van der Waals surface area contributed by atoms with Crippen LogP contribution in [0.3, 0.4) is 0 Å². The summed E-state index contributed by atoms with van der Waals surface area (Å²) in [6, 6.07) is 0. The molecule has 0 saturated carbocycles. The Morgan fingerprint density at radius 3 is 1.70 bits per heavy atom. The summed E-state index contributed by atoms with van der Waals surface area (Å²) in [6.45, 7) is 0. The number of nitrogens with two attached hydrogens (primary N) is 1. The van der Waals surface area contributed by atoms with Crippen LogP contribution < -0.4 is 5.73 Å². The molecular weight excluding hydrogens is 151 g/mol. The molecule has 0 bridgehead atoms. The van der Waals surface area contributed by atoms with Crippen LogP contribution in [0.25, 0.3) is 0 Å². The van der Waals surface area contributed by atoms with Gasteiger partial charge in [-0.25, -0.2) is 0 Å². The summed E-state index contributed by atoms with van der Waals surface area (Å²) in [5.41, 5.74) is 4.80. The summed E-state index contributed by atoms with van der Waals surface area (Å²) in [5.74, 6) is -1.81. The number of carboxylic acids is 1. The van der Waals surface area contributed by atoms with Gasteiger partial charge in [0.25, 0.3) is 0 Å². The Kier molecular flexibility index (Phi) is 8.66. The van der Waals surface area contributed by atoms with Gasteiger partial charge in [-0.05, 0) is 21.1 Å². The quantitative estimate of drug-likeness (QED) is 0.511. The minimum absolute atomic E-state index is 0.815. The molecule has 62 valence electrons. The molecule has 0 spiro atoms. The van der Waals surface area contributed by atoms with Crippen LogP contribution in [0.5, 0.6) is 0 Å². The van der Waals surface area contributed by atoms with Crippen molar-refractivity contribution in [2.75, 3.05) is 21.1 Å². The fraction of sp³-hybridized carbons (Fsp3) is 0.800. The van der Waals surface area contributed by atoms with Crippen LogP contribution in [-0.2, 0) is 4.79 Å². The molecule has 0 aromatic rings. The average Bonchev–Trinajstić information content (AvgIpc) is 1.63. The fourth-order valence-corrected chi connectivity index (χ4v) is 0. The maximum atomic E-state index is 9.55.